The summed E-state index contributed by atoms with van der Waals surface area (Å²) >= 11 is 6.42. The zero-order chi connectivity index (χ0) is 37.2. The molecule has 0 spiro atoms. The molecule has 1 N–H and O–H groups in total. The van der Waals surface area contributed by atoms with Crippen molar-refractivity contribution in [1.82, 2.24) is 14.5 Å². The molecule has 6 atom stereocenters. The minimum atomic E-state index is -3.96. The Morgan fingerprint density at radius 1 is 1.02 bits per heavy atom. The number of hydrogen-bond donors (Lipinski definition) is 1. The average Bonchev–Trinajstić information content (AvgIpc) is 3.15. The van der Waals surface area contributed by atoms with Crippen molar-refractivity contribution < 1.29 is 27.4 Å². The Kier molecular flexibility index (Phi) is 12.1. The number of carbonyl (C=O) groups is 1. The van der Waals surface area contributed by atoms with E-state index in [-0.39, 0.29) is 11.8 Å². The van der Waals surface area contributed by atoms with Crippen molar-refractivity contribution in [2.45, 2.75) is 82.8 Å². The quantitative estimate of drug-likeness (QED) is 0.380. The molecular weight excluding hydrogens is 712 g/mol. The first kappa shape index (κ1) is 38.6. The van der Waals surface area contributed by atoms with Gasteiger partial charge >= 0.3 is 0 Å². The number of allylic oxidation sites excluding steroid dienone is 1. The van der Waals surface area contributed by atoms with Gasteiger partial charge in [0.15, 0.2) is 0 Å². The van der Waals surface area contributed by atoms with E-state index in [9.17, 15) is 13.2 Å². The number of hydrogen-bond acceptors (Lipinski definition) is 9. The maximum absolute atomic E-state index is 13.6. The van der Waals surface area contributed by atoms with Crippen LogP contribution in [0, 0.1) is 17.8 Å². The summed E-state index contributed by atoms with van der Waals surface area (Å²) < 4.78 is 49.1. The van der Waals surface area contributed by atoms with E-state index in [0.29, 0.717) is 42.9 Å². The van der Waals surface area contributed by atoms with E-state index in [4.69, 9.17) is 25.8 Å². The van der Waals surface area contributed by atoms with Gasteiger partial charge in [0.2, 0.25) is 10.0 Å². The highest BCUT2D eigenvalue weighted by molar-refractivity contribution is 7.90. The lowest BCUT2D eigenvalue weighted by Gasteiger charge is -2.53. The Balaban J connectivity index is 1.26. The summed E-state index contributed by atoms with van der Waals surface area (Å²) in [5.41, 5.74) is 2.87. The fourth-order valence-electron chi connectivity index (χ4n) is 9.12. The van der Waals surface area contributed by atoms with Gasteiger partial charge in [-0.1, -0.05) is 36.7 Å². The highest BCUT2D eigenvalue weighted by Gasteiger charge is 2.49. The molecule has 290 valence electrons. The summed E-state index contributed by atoms with van der Waals surface area (Å²) in [6.07, 6.45) is 9.94. The number of anilines is 1. The molecule has 3 fully saturated rings. The second-order valence-corrected chi connectivity index (χ2v) is 18.4. The van der Waals surface area contributed by atoms with Gasteiger partial charge in [-0.05, 0) is 112 Å². The number of amides is 1. The summed E-state index contributed by atoms with van der Waals surface area (Å²) in [4.78, 5) is 21.2. The van der Waals surface area contributed by atoms with Crippen LogP contribution in [-0.4, -0.2) is 107 Å². The number of carbonyl (C=O) groups excluding carboxylic acids is 1. The molecule has 2 aromatic carbocycles. The van der Waals surface area contributed by atoms with Crippen molar-refractivity contribution >= 4 is 33.2 Å². The average molecular weight is 769 g/mol. The number of piperazine rings is 1. The SMILES string of the molecule is CCO[C@@]1(CN2CCN3CCOC[C@@H]3C2)/C=C/C[C@H](C)[C@@H](C)S(=O)(=O)NC(=O)c2ccc3c(c2)N(CCCCc2cc(Cl)ccc2CO3)C[C@@H]2CC[C@H]21. The first-order valence-corrected chi connectivity index (χ1v) is 21.7. The second kappa shape index (κ2) is 16.6. The van der Waals surface area contributed by atoms with Crippen LogP contribution in [-0.2, 0) is 32.5 Å². The molecule has 2 saturated heterocycles. The van der Waals surface area contributed by atoms with Crippen LogP contribution in [0.3, 0.4) is 0 Å². The topological polar surface area (TPSA) is 101 Å². The number of morpholine rings is 1. The molecule has 53 heavy (non-hydrogen) atoms. The Bertz CT molecular complexity index is 1760. The number of nitrogens with zero attached hydrogens (tertiary/aromatic N) is 3. The van der Waals surface area contributed by atoms with E-state index in [0.717, 1.165) is 107 Å². The summed E-state index contributed by atoms with van der Waals surface area (Å²) in [7, 11) is -3.96. The van der Waals surface area contributed by atoms with Gasteiger partial charge in [-0.3, -0.25) is 14.6 Å². The predicted molar refractivity (Wildman–Crippen MR) is 209 cm³/mol. The lowest BCUT2D eigenvalue weighted by Crippen LogP contribution is -2.62. The van der Waals surface area contributed by atoms with Crippen LogP contribution < -0.4 is 14.4 Å². The first-order valence-electron chi connectivity index (χ1n) is 19.8. The maximum Gasteiger partial charge on any atom is 0.264 e. The molecule has 10 nitrogen and oxygen atoms in total. The molecule has 0 unspecified atom stereocenters. The van der Waals surface area contributed by atoms with Crippen LogP contribution in [0.25, 0.3) is 0 Å². The molecule has 1 aliphatic carbocycles. The largest absolute Gasteiger partial charge is 0.487 e. The summed E-state index contributed by atoms with van der Waals surface area (Å²) in [6.45, 7) is 14.5. The number of halogens is 1. The molecule has 4 heterocycles. The van der Waals surface area contributed by atoms with Gasteiger partial charge in [0.05, 0.1) is 24.2 Å². The van der Waals surface area contributed by atoms with E-state index >= 15 is 0 Å². The van der Waals surface area contributed by atoms with Crippen LogP contribution in [0.15, 0.2) is 48.6 Å². The Morgan fingerprint density at radius 2 is 1.89 bits per heavy atom. The zero-order valence-corrected chi connectivity index (χ0v) is 33.2. The van der Waals surface area contributed by atoms with Crippen molar-refractivity contribution in [3.05, 3.63) is 70.3 Å². The number of nitrogens with one attached hydrogen (secondary N) is 1. The molecule has 0 radical (unpaired) electrons. The predicted octanol–water partition coefficient (Wildman–Crippen LogP) is 5.92. The molecule has 2 bridgehead atoms. The standard InChI is InChI=1S/C41H57ClN4O6S/c1-4-52-41(28-44-18-19-45-20-21-50-27-36(45)25-44)16-7-8-29(2)30(3)53(48,49)43-40(47)32-12-15-39-38(23-32)46(24-33-11-14-37(33)41)17-6-5-9-31-22-35(42)13-10-34(31)26-51-39/h7,10,12-13,15-16,22-23,29-30,33,36-37H,4-6,8-9,11,14,17-21,24-28H2,1-3H3,(H,43,47)/b16-7+/t29-,30+,33-,36-,37+,41+/m0/s1. The lowest BCUT2D eigenvalue weighted by atomic mass is 9.63. The van der Waals surface area contributed by atoms with Crippen LogP contribution in [0.4, 0.5) is 5.69 Å². The van der Waals surface area contributed by atoms with Gasteiger partial charge in [-0.2, -0.15) is 0 Å². The Hall–Kier alpha value is -2.67. The minimum Gasteiger partial charge on any atom is -0.487 e. The first-order chi connectivity index (χ1) is 25.5. The van der Waals surface area contributed by atoms with E-state index in [1.165, 1.54) is 5.56 Å². The van der Waals surface area contributed by atoms with Gasteiger partial charge in [-0.25, -0.2) is 13.1 Å². The number of ether oxygens (including phenoxy) is 3. The highest BCUT2D eigenvalue weighted by atomic mass is 35.5. The smallest absolute Gasteiger partial charge is 0.264 e. The third kappa shape index (κ3) is 8.60. The van der Waals surface area contributed by atoms with Crippen molar-refractivity contribution in [1.29, 1.82) is 0 Å². The fourth-order valence-corrected chi connectivity index (χ4v) is 10.6. The molecule has 12 heteroatoms. The summed E-state index contributed by atoms with van der Waals surface area (Å²) in [6, 6.07) is 11.7. The molecule has 1 amide bonds. The third-order valence-electron chi connectivity index (χ3n) is 12.6. The maximum atomic E-state index is 13.6. The van der Waals surface area contributed by atoms with Crippen molar-refractivity contribution in [2.75, 3.05) is 70.5 Å². The molecular formula is C41H57ClN4O6S. The Labute approximate surface area is 321 Å². The fraction of sp³-hybridized carbons (Fsp3) is 0.634. The second-order valence-electron chi connectivity index (χ2n) is 15.9. The zero-order valence-electron chi connectivity index (χ0n) is 31.6. The molecule has 4 aliphatic heterocycles. The van der Waals surface area contributed by atoms with Gasteiger partial charge in [0, 0.05) is 69.0 Å². The summed E-state index contributed by atoms with van der Waals surface area (Å²) in [5, 5.41) is -0.0641. The van der Waals surface area contributed by atoms with Crippen molar-refractivity contribution in [3.8, 4) is 5.75 Å². The molecule has 7 rings (SSSR count). The van der Waals surface area contributed by atoms with Gasteiger partial charge in [0.25, 0.3) is 5.91 Å². The molecule has 0 aromatic heterocycles. The van der Waals surface area contributed by atoms with Crippen LogP contribution in [0.2, 0.25) is 5.02 Å². The van der Waals surface area contributed by atoms with E-state index in [1.54, 1.807) is 13.0 Å². The molecule has 5 aliphatic rings. The normalized spacial score (nSPS) is 32.0. The molecule has 2 aromatic rings. The van der Waals surface area contributed by atoms with Crippen molar-refractivity contribution in [2.24, 2.45) is 17.8 Å². The van der Waals surface area contributed by atoms with Crippen molar-refractivity contribution in [3.63, 3.8) is 0 Å². The minimum absolute atomic E-state index is 0.224. The number of aryl methyl sites for hydroxylation is 1. The number of rotatable bonds is 4. The number of benzene rings is 2. The van der Waals surface area contributed by atoms with E-state index in [2.05, 4.69) is 38.5 Å². The Morgan fingerprint density at radius 3 is 2.70 bits per heavy atom. The van der Waals surface area contributed by atoms with Gasteiger partial charge in [-0.15, -0.1) is 0 Å². The van der Waals surface area contributed by atoms with Crippen LogP contribution in [0.1, 0.15) is 74.4 Å². The van der Waals surface area contributed by atoms with Crippen LogP contribution >= 0.6 is 11.6 Å². The monoisotopic (exact) mass is 768 g/mol. The number of fused-ring (bicyclic) bond motifs is 4. The van der Waals surface area contributed by atoms with E-state index in [1.807, 2.05) is 37.3 Å². The lowest BCUT2D eigenvalue weighted by molar-refractivity contribution is -0.121. The van der Waals surface area contributed by atoms with E-state index < -0.39 is 26.8 Å². The van der Waals surface area contributed by atoms with Gasteiger partial charge in [0.1, 0.15) is 18.0 Å². The third-order valence-corrected chi connectivity index (χ3v) is 14.7. The summed E-state index contributed by atoms with van der Waals surface area (Å²) in [5.74, 6) is 0.447. The highest BCUT2D eigenvalue weighted by Crippen LogP contribution is 2.47. The van der Waals surface area contributed by atoms with Crippen LogP contribution in [0.5, 0.6) is 5.75 Å². The van der Waals surface area contributed by atoms with Gasteiger partial charge < -0.3 is 19.1 Å². The number of sulfonamides is 1. The molecule has 1 saturated carbocycles.